The fraction of sp³-hybridized carbons (Fsp3) is 0.471. The van der Waals surface area contributed by atoms with Crippen LogP contribution in [0, 0.1) is 0 Å². The summed E-state index contributed by atoms with van der Waals surface area (Å²) in [5, 5.41) is 11.4. The standard InChI is InChI=1S/C17H24N6O/c1-3-22-9-11-23(12-10-22)16-13-18-21-17(20-16)19-14-5-7-15(8-6-14)24-4-2/h5-8,13H,3-4,9-12H2,1-2H3,(H,19,20,21). The minimum Gasteiger partial charge on any atom is -0.494 e. The fourth-order valence-electron chi connectivity index (χ4n) is 2.72. The van der Waals surface area contributed by atoms with Gasteiger partial charge in [-0.2, -0.15) is 10.1 Å². The lowest BCUT2D eigenvalue weighted by Gasteiger charge is -2.34. The van der Waals surface area contributed by atoms with E-state index in [9.17, 15) is 0 Å². The van der Waals surface area contributed by atoms with Crippen molar-refractivity contribution in [2.24, 2.45) is 0 Å². The molecule has 0 atom stereocenters. The van der Waals surface area contributed by atoms with Crippen LogP contribution in [0.5, 0.6) is 5.75 Å². The van der Waals surface area contributed by atoms with Crippen LogP contribution in [0.25, 0.3) is 0 Å². The molecule has 3 rings (SSSR count). The van der Waals surface area contributed by atoms with Crippen LogP contribution in [-0.4, -0.2) is 59.4 Å². The van der Waals surface area contributed by atoms with Gasteiger partial charge in [0.25, 0.3) is 0 Å². The first-order valence-corrected chi connectivity index (χ1v) is 8.45. The Balaban J connectivity index is 1.65. The Morgan fingerprint density at radius 1 is 1.08 bits per heavy atom. The van der Waals surface area contributed by atoms with Crippen LogP contribution in [0.3, 0.4) is 0 Å². The summed E-state index contributed by atoms with van der Waals surface area (Å²) in [4.78, 5) is 9.28. The first-order valence-electron chi connectivity index (χ1n) is 8.45. The molecule has 7 heteroatoms. The molecular weight excluding hydrogens is 304 g/mol. The van der Waals surface area contributed by atoms with Gasteiger partial charge < -0.3 is 19.9 Å². The lowest BCUT2D eigenvalue weighted by Crippen LogP contribution is -2.46. The van der Waals surface area contributed by atoms with E-state index in [1.54, 1.807) is 6.20 Å². The van der Waals surface area contributed by atoms with Gasteiger partial charge in [0.1, 0.15) is 5.75 Å². The molecule has 1 aromatic heterocycles. The van der Waals surface area contributed by atoms with Crippen molar-refractivity contribution in [1.82, 2.24) is 20.1 Å². The molecule has 0 unspecified atom stereocenters. The number of likely N-dealkylation sites (N-methyl/N-ethyl adjacent to an activating group) is 1. The van der Waals surface area contributed by atoms with Gasteiger partial charge in [0.15, 0.2) is 5.82 Å². The first-order chi connectivity index (χ1) is 11.8. The second-order valence-corrected chi connectivity index (χ2v) is 5.64. The summed E-state index contributed by atoms with van der Waals surface area (Å²) < 4.78 is 5.45. The third-order valence-electron chi connectivity index (χ3n) is 4.11. The highest BCUT2D eigenvalue weighted by Crippen LogP contribution is 2.19. The number of nitrogens with zero attached hydrogens (tertiary/aromatic N) is 5. The zero-order chi connectivity index (χ0) is 16.8. The van der Waals surface area contributed by atoms with Gasteiger partial charge in [-0.1, -0.05) is 6.92 Å². The van der Waals surface area contributed by atoms with Crippen molar-refractivity contribution in [3.8, 4) is 5.75 Å². The van der Waals surface area contributed by atoms with E-state index in [0.29, 0.717) is 12.6 Å². The van der Waals surface area contributed by atoms with Crippen molar-refractivity contribution in [2.45, 2.75) is 13.8 Å². The fourth-order valence-corrected chi connectivity index (χ4v) is 2.72. The van der Waals surface area contributed by atoms with Gasteiger partial charge >= 0.3 is 0 Å². The van der Waals surface area contributed by atoms with Crippen molar-refractivity contribution in [3.63, 3.8) is 0 Å². The number of anilines is 3. The number of rotatable bonds is 6. The van der Waals surface area contributed by atoms with Crippen LogP contribution in [0.15, 0.2) is 30.5 Å². The molecule has 1 aliphatic heterocycles. The van der Waals surface area contributed by atoms with E-state index in [0.717, 1.165) is 50.0 Å². The summed E-state index contributed by atoms with van der Waals surface area (Å²) >= 11 is 0. The van der Waals surface area contributed by atoms with Gasteiger partial charge in [0, 0.05) is 31.9 Å². The van der Waals surface area contributed by atoms with Gasteiger partial charge in [-0.3, -0.25) is 0 Å². The topological polar surface area (TPSA) is 66.4 Å². The molecule has 0 radical (unpaired) electrons. The molecule has 1 aromatic carbocycles. The average molecular weight is 328 g/mol. The van der Waals surface area contributed by atoms with Gasteiger partial charge in [0.2, 0.25) is 5.95 Å². The maximum absolute atomic E-state index is 5.45. The first kappa shape index (κ1) is 16.4. The summed E-state index contributed by atoms with van der Waals surface area (Å²) in [5.74, 6) is 2.23. The highest BCUT2D eigenvalue weighted by Gasteiger charge is 2.17. The molecule has 0 amide bonds. The van der Waals surface area contributed by atoms with Crippen molar-refractivity contribution < 1.29 is 4.74 Å². The number of hydrogen-bond acceptors (Lipinski definition) is 7. The number of aromatic nitrogens is 3. The normalized spacial score (nSPS) is 15.3. The monoisotopic (exact) mass is 328 g/mol. The molecule has 1 aliphatic rings. The molecular formula is C17H24N6O. The predicted octanol–water partition coefficient (Wildman–Crippen LogP) is 2.16. The Hall–Kier alpha value is -2.41. The quantitative estimate of drug-likeness (QED) is 0.871. The molecule has 0 spiro atoms. The minimum absolute atomic E-state index is 0.509. The SMILES string of the molecule is CCOc1ccc(Nc2nncc(N3CCN(CC)CC3)n2)cc1. The van der Waals surface area contributed by atoms with E-state index in [-0.39, 0.29) is 0 Å². The molecule has 0 saturated carbocycles. The lowest BCUT2D eigenvalue weighted by atomic mass is 10.3. The van der Waals surface area contributed by atoms with E-state index in [1.165, 1.54) is 0 Å². The third kappa shape index (κ3) is 4.11. The number of nitrogens with one attached hydrogen (secondary N) is 1. The number of benzene rings is 1. The number of hydrogen-bond donors (Lipinski definition) is 1. The molecule has 1 saturated heterocycles. The van der Waals surface area contributed by atoms with Gasteiger partial charge in [-0.05, 0) is 37.7 Å². The molecule has 24 heavy (non-hydrogen) atoms. The Bertz CT molecular complexity index is 640. The van der Waals surface area contributed by atoms with E-state index in [1.807, 2.05) is 31.2 Å². The zero-order valence-electron chi connectivity index (χ0n) is 14.3. The summed E-state index contributed by atoms with van der Waals surface area (Å²) in [6.45, 7) is 9.97. The van der Waals surface area contributed by atoms with Crippen LogP contribution < -0.4 is 15.0 Å². The summed E-state index contributed by atoms with van der Waals surface area (Å²) in [6, 6.07) is 7.74. The van der Waals surface area contributed by atoms with E-state index >= 15 is 0 Å². The van der Waals surface area contributed by atoms with Crippen LogP contribution in [-0.2, 0) is 0 Å². The van der Waals surface area contributed by atoms with Crippen molar-refractivity contribution in [3.05, 3.63) is 30.5 Å². The number of ether oxygens (including phenoxy) is 1. The second-order valence-electron chi connectivity index (χ2n) is 5.64. The third-order valence-corrected chi connectivity index (χ3v) is 4.11. The molecule has 128 valence electrons. The largest absolute Gasteiger partial charge is 0.494 e. The molecule has 1 N–H and O–H groups in total. The Kier molecular flexibility index (Phi) is 5.43. The average Bonchev–Trinajstić information content (AvgIpc) is 2.64. The zero-order valence-corrected chi connectivity index (χ0v) is 14.3. The Morgan fingerprint density at radius 3 is 2.50 bits per heavy atom. The van der Waals surface area contributed by atoms with Crippen LogP contribution in [0.2, 0.25) is 0 Å². The van der Waals surface area contributed by atoms with E-state index in [4.69, 9.17) is 4.74 Å². The number of piperazine rings is 1. The smallest absolute Gasteiger partial charge is 0.249 e. The van der Waals surface area contributed by atoms with E-state index < -0.39 is 0 Å². The second kappa shape index (κ2) is 7.92. The predicted molar refractivity (Wildman–Crippen MR) is 95.0 cm³/mol. The molecule has 1 fully saturated rings. The Labute approximate surface area is 142 Å². The van der Waals surface area contributed by atoms with Crippen molar-refractivity contribution in [2.75, 3.05) is 49.5 Å². The molecule has 0 aliphatic carbocycles. The van der Waals surface area contributed by atoms with Crippen molar-refractivity contribution >= 4 is 17.5 Å². The van der Waals surface area contributed by atoms with Gasteiger partial charge in [-0.25, -0.2) is 0 Å². The maximum atomic E-state index is 5.45. The summed E-state index contributed by atoms with van der Waals surface area (Å²) in [7, 11) is 0. The highest BCUT2D eigenvalue weighted by atomic mass is 16.5. The summed E-state index contributed by atoms with van der Waals surface area (Å²) in [6.07, 6.45) is 1.73. The maximum Gasteiger partial charge on any atom is 0.249 e. The molecule has 0 bridgehead atoms. The minimum atomic E-state index is 0.509. The van der Waals surface area contributed by atoms with Gasteiger partial charge in [0.05, 0.1) is 12.8 Å². The highest BCUT2D eigenvalue weighted by molar-refractivity contribution is 5.55. The Morgan fingerprint density at radius 2 is 1.83 bits per heavy atom. The van der Waals surface area contributed by atoms with Crippen molar-refractivity contribution in [1.29, 1.82) is 0 Å². The lowest BCUT2D eigenvalue weighted by molar-refractivity contribution is 0.270. The van der Waals surface area contributed by atoms with Crippen LogP contribution >= 0.6 is 0 Å². The van der Waals surface area contributed by atoms with E-state index in [2.05, 4.69) is 37.2 Å². The molecule has 7 nitrogen and oxygen atoms in total. The van der Waals surface area contributed by atoms with Gasteiger partial charge in [-0.15, -0.1) is 5.10 Å². The van der Waals surface area contributed by atoms with Crippen LogP contribution in [0.4, 0.5) is 17.5 Å². The summed E-state index contributed by atoms with van der Waals surface area (Å²) in [5.41, 5.74) is 0.910. The van der Waals surface area contributed by atoms with Crippen LogP contribution in [0.1, 0.15) is 13.8 Å². The molecule has 2 aromatic rings. The molecule has 2 heterocycles.